The number of carbonyl (C=O) groups is 3. The third kappa shape index (κ3) is 4.96. The Labute approximate surface area is 175 Å². The SMILES string of the molecule is CN(Cc1cccc(-c2ccc(C(=O)N3CCN(C(=O)O)CC3)cc2)c1)C(=O)CN. The lowest BCUT2D eigenvalue weighted by Crippen LogP contribution is -2.50. The number of rotatable bonds is 5. The van der Waals surface area contributed by atoms with E-state index in [0.717, 1.165) is 16.7 Å². The van der Waals surface area contributed by atoms with Gasteiger partial charge in [0.1, 0.15) is 0 Å². The fourth-order valence-electron chi connectivity index (χ4n) is 3.46. The number of benzene rings is 2. The monoisotopic (exact) mass is 410 g/mol. The van der Waals surface area contributed by atoms with Crippen LogP contribution in [-0.4, -0.2) is 77.5 Å². The Kier molecular flexibility index (Phi) is 6.68. The Balaban J connectivity index is 1.67. The molecule has 3 rings (SSSR count). The summed E-state index contributed by atoms with van der Waals surface area (Å²) in [6.45, 7) is 1.90. The van der Waals surface area contributed by atoms with Gasteiger partial charge in [-0.3, -0.25) is 9.59 Å². The molecule has 0 aromatic heterocycles. The van der Waals surface area contributed by atoms with Crippen LogP contribution in [0.3, 0.4) is 0 Å². The molecule has 1 fully saturated rings. The first-order valence-corrected chi connectivity index (χ1v) is 9.79. The highest BCUT2D eigenvalue weighted by Gasteiger charge is 2.24. The van der Waals surface area contributed by atoms with Crippen molar-refractivity contribution in [1.29, 1.82) is 0 Å². The predicted octanol–water partition coefficient (Wildman–Crippen LogP) is 1.71. The summed E-state index contributed by atoms with van der Waals surface area (Å²) in [6.07, 6.45) is -0.952. The molecule has 1 aliphatic heterocycles. The standard InChI is InChI=1S/C22H26N4O4/c1-24(20(27)14-23)15-16-3-2-4-19(13-16)17-5-7-18(8-6-17)21(28)25-9-11-26(12-10-25)22(29)30/h2-8,13H,9-12,14-15,23H2,1H3,(H,29,30). The molecule has 0 unspecified atom stereocenters. The van der Waals surface area contributed by atoms with E-state index in [4.69, 9.17) is 10.8 Å². The highest BCUT2D eigenvalue weighted by atomic mass is 16.4. The molecule has 1 saturated heterocycles. The maximum Gasteiger partial charge on any atom is 0.407 e. The molecule has 2 aromatic rings. The van der Waals surface area contributed by atoms with E-state index in [1.807, 2.05) is 36.4 Å². The molecular weight excluding hydrogens is 384 g/mol. The van der Waals surface area contributed by atoms with Gasteiger partial charge in [0, 0.05) is 45.3 Å². The van der Waals surface area contributed by atoms with Crippen LogP contribution in [0.1, 0.15) is 15.9 Å². The number of amides is 3. The van der Waals surface area contributed by atoms with E-state index in [1.165, 1.54) is 4.90 Å². The average molecular weight is 410 g/mol. The molecule has 0 radical (unpaired) electrons. The van der Waals surface area contributed by atoms with Gasteiger partial charge in [0.15, 0.2) is 0 Å². The van der Waals surface area contributed by atoms with Gasteiger partial charge in [-0.15, -0.1) is 0 Å². The quantitative estimate of drug-likeness (QED) is 0.780. The Bertz CT molecular complexity index is 921. The molecule has 3 amide bonds. The molecule has 0 aliphatic carbocycles. The van der Waals surface area contributed by atoms with Gasteiger partial charge in [0.25, 0.3) is 5.91 Å². The Morgan fingerprint density at radius 1 is 0.967 bits per heavy atom. The van der Waals surface area contributed by atoms with Gasteiger partial charge in [-0.25, -0.2) is 4.79 Å². The van der Waals surface area contributed by atoms with Crippen LogP contribution in [0.15, 0.2) is 48.5 Å². The van der Waals surface area contributed by atoms with Crippen LogP contribution < -0.4 is 5.73 Å². The Morgan fingerprint density at radius 2 is 1.60 bits per heavy atom. The lowest BCUT2D eigenvalue weighted by Gasteiger charge is -2.33. The first-order chi connectivity index (χ1) is 14.4. The Hall–Kier alpha value is -3.39. The summed E-state index contributed by atoms with van der Waals surface area (Å²) in [5.41, 5.74) is 8.94. The maximum atomic E-state index is 12.7. The number of hydrogen-bond acceptors (Lipinski definition) is 4. The molecule has 1 aliphatic rings. The fourth-order valence-corrected chi connectivity index (χ4v) is 3.46. The molecule has 1 heterocycles. The Morgan fingerprint density at radius 3 is 2.20 bits per heavy atom. The smallest absolute Gasteiger partial charge is 0.407 e. The molecule has 8 heteroatoms. The van der Waals surface area contributed by atoms with Crippen molar-refractivity contribution in [3.8, 4) is 11.1 Å². The van der Waals surface area contributed by atoms with Gasteiger partial charge >= 0.3 is 6.09 Å². The molecule has 0 spiro atoms. The van der Waals surface area contributed by atoms with Crippen LogP contribution >= 0.6 is 0 Å². The topological polar surface area (TPSA) is 107 Å². The summed E-state index contributed by atoms with van der Waals surface area (Å²) in [5, 5.41) is 9.02. The molecule has 0 atom stereocenters. The average Bonchev–Trinajstić information content (AvgIpc) is 2.78. The van der Waals surface area contributed by atoms with E-state index in [1.54, 1.807) is 29.0 Å². The van der Waals surface area contributed by atoms with Crippen molar-refractivity contribution in [2.75, 3.05) is 39.8 Å². The molecule has 30 heavy (non-hydrogen) atoms. The van der Waals surface area contributed by atoms with E-state index in [-0.39, 0.29) is 18.4 Å². The highest BCUT2D eigenvalue weighted by Crippen LogP contribution is 2.22. The van der Waals surface area contributed by atoms with Crippen LogP contribution in [0.4, 0.5) is 4.79 Å². The van der Waals surface area contributed by atoms with Crippen LogP contribution in [-0.2, 0) is 11.3 Å². The van der Waals surface area contributed by atoms with Gasteiger partial charge in [0.2, 0.25) is 5.91 Å². The zero-order valence-corrected chi connectivity index (χ0v) is 17.0. The van der Waals surface area contributed by atoms with Crippen molar-refractivity contribution in [2.24, 2.45) is 5.73 Å². The van der Waals surface area contributed by atoms with Crippen molar-refractivity contribution >= 4 is 17.9 Å². The predicted molar refractivity (Wildman–Crippen MR) is 113 cm³/mol. The normalized spacial score (nSPS) is 13.8. The van der Waals surface area contributed by atoms with Crippen LogP contribution in [0.2, 0.25) is 0 Å². The largest absolute Gasteiger partial charge is 0.465 e. The van der Waals surface area contributed by atoms with Gasteiger partial charge < -0.3 is 25.5 Å². The maximum absolute atomic E-state index is 12.7. The van der Waals surface area contributed by atoms with Gasteiger partial charge in [-0.2, -0.15) is 0 Å². The first-order valence-electron chi connectivity index (χ1n) is 9.79. The van der Waals surface area contributed by atoms with Crippen molar-refractivity contribution in [1.82, 2.24) is 14.7 Å². The molecule has 2 aromatic carbocycles. The number of hydrogen-bond donors (Lipinski definition) is 2. The van der Waals surface area contributed by atoms with E-state index in [2.05, 4.69) is 0 Å². The number of piperazine rings is 1. The summed E-state index contributed by atoms with van der Waals surface area (Å²) in [4.78, 5) is 40.0. The lowest BCUT2D eigenvalue weighted by molar-refractivity contribution is -0.128. The number of nitrogens with zero attached hydrogens (tertiary/aromatic N) is 3. The summed E-state index contributed by atoms with van der Waals surface area (Å²) < 4.78 is 0. The zero-order valence-electron chi connectivity index (χ0n) is 17.0. The fraction of sp³-hybridized carbons (Fsp3) is 0.318. The molecule has 0 saturated carbocycles. The third-order valence-electron chi connectivity index (χ3n) is 5.25. The van der Waals surface area contributed by atoms with Crippen molar-refractivity contribution in [3.05, 3.63) is 59.7 Å². The van der Waals surface area contributed by atoms with Crippen LogP contribution in [0, 0.1) is 0 Å². The first kappa shape index (κ1) is 21.3. The van der Waals surface area contributed by atoms with Crippen LogP contribution in [0.25, 0.3) is 11.1 Å². The minimum atomic E-state index is -0.952. The second-order valence-corrected chi connectivity index (χ2v) is 7.29. The van der Waals surface area contributed by atoms with E-state index < -0.39 is 6.09 Å². The molecule has 0 bridgehead atoms. The zero-order chi connectivity index (χ0) is 21.7. The van der Waals surface area contributed by atoms with Crippen LogP contribution in [0.5, 0.6) is 0 Å². The van der Waals surface area contributed by atoms with Crippen molar-refractivity contribution in [2.45, 2.75) is 6.54 Å². The lowest BCUT2D eigenvalue weighted by atomic mass is 10.0. The number of likely N-dealkylation sites (N-methyl/N-ethyl adjacent to an activating group) is 1. The van der Waals surface area contributed by atoms with Crippen molar-refractivity contribution < 1.29 is 19.5 Å². The van der Waals surface area contributed by atoms with E-state index in [0.29, 0.717) is 38.3 Å². The third-order valence-corrected chi connectivity index (χ3v) is 5.25. The highest BCUT2D eigenvalue weighted by molar-refractivity contribution is 5.95. The molecule has 3 N–H and O–H groups in total. The van der Waals surface area contributed by atoms with Gasteiger partial charge in [-0.05, 0) is 34.9 Å². The number of carbonyl (C=O) groups excluding carboxylic acids is 2. The molecule has 8 nitrogen and oxygen atoms in total. The van der Waals surface area contributed by atoms with Crippen molar-refractivity contribution in [3.63, 3.8) is 0 Å². The molecule has 158 valence electrons. The minimum absolute atomic E-state index is 0.0168. The number of nitrogens with two attached hydrogens (primary N) is 1. The summed E-state index contributed by atoms with van der Waals surface area (Å²) in [5.74, 6) is -0.213. The summed E-state index contributed by atoms with van der Waals surface area (Å²) in [7, 11) is 1.72. The second kappa shape index (κ2) is 9.41. The second-order valence-electron chi connectivity index (χ2n) is 7.29. The summed E-state index contributed by atoms with van der Waals surface area (Å²) >= 11 is 0. The van der Waals surface area contributed by atoms with Gasteiger partial charge in [0.05, 0.1) is 6.54 Å². The van der Waals surface area contributed by atoms with E-state index >= 15 is 0 Å². The van der Waals surface area contributed by atoms with E-state index in [9.17, 15) is 14.4 Å². The number of carboxylic acid groups (broad SMARTS) is 1. The molecular formula is C22H26N4O4. The minimum Gasteiger partial charge on any atom is -0.465 e. The summed E-state index contributed by atoms with van der Waals surface area (Å²) in [6, 6.07) is 15.3. The van der Waals surface area contributed by atoms with Gasteiger partial charge in [-0.1, -0.05) is 30.3 Å².